The molecule has 4 heteroatoms. The third-order valence-electron chi connectivity index (χ3n) is 3.53. The molecule has 1 rings (SSSR count). The van der Waals surface area contributed by atoms with Gasteiger partial charge < -0.3 is 11.1 Å². The number of aryl methyl sites for hydroxylation is 1. The van der Waals surface area contributed by atoms with Crippen LogP contribution in [-0.4, -0.2) is 12.5 Å². The van der Waals surface area contributed by atoms with Crippen molar-refractivity contribution in [3.63, 3.8) is 0 Å². The zero-order valence-electron chi connectivity index (χ0n) is 11.2. The molecule has 18 heavy (non-hydrogen) atoms. The number of rotatable bonds is 5. The Morgan fingerprint density at radius 2 is 1.94 bits per heavy atom. The smallest absolute Gasteiger partial charge is 0.231 e. The number of hydrogen-bond donors (Lipinski definition) is 2. The molecule has 1 amide bonds. The van der Waals surface area contributed by atoms with Crippen LogP contribution in [0.3, 0.4) is 0 Å². The fraction of sp³-hybridized carbons (Fsp3) is 0.500. The Hall–Kier alpha value is -0.870. The van der Waals surface area contributed by atoms with Crippen LogP contribution in [0, 0.1) is 12.3 Å². The van der Waals surface area contributed by atoms with Gasteiger partial charge in [0, 0.05) is 16.7 Å². The summed E-state index contributed by atoms with van der Waals surface area (Å²) in [7, 11) is 0. The highest BCUT2D eigenvalue weighted by atomic mass is 79.9. The highest BCUT2D eigenvalue weighted by molar-refractivity contribution is 9.10. The largest absolute Gasteiger partial charge is 0.329 e. The Kier molecular flexibility index (Phi) is 5.35. The summed E-state index contributed by atoms with van der Waals surface area (Å²) in [5, 5.41) is 2.97. The van der Waals surface area contributed by atoms with E-state index in [1.807, 2.05) is 39.0 Å². The standard InChI is InChI=1S/C14H21BrN2O/c1-4-14(5-2,9-16)13(18)17-12-7-10(3)6-11(15)8-12/h6-8H,4-5,9,16H2,1-3H3,(H,17,18). The Morgan fingerprint density at radius 1 is 1.33 bits per heavy atom. The number of anilines is 1. The summed E-state index contributed by atoms with van der Waals surface area (Å²) in [6.07, 6.45) is 1.50. The van der Waals surface area contributed by atoms with Gasteiger partial charge in [0.25, 0.3) is 0 Å². The molecule has 1 aromatic carbocycles. The summed E-state index contributed by atoms with van der Waals surface area (Å²) < 4.78 is 0.962. The molecule has 100 valence electrons. The van der Waals surface area contributed by atoms with Crippen LogP contribution >= 0.6 is 15.9 Å². The normalized spacial score (nSPS) is 11.4. The summed E-state index contributed by atoms with van der Waals surface area (Å²) in [4.78, 5) is 12.3. The SMILES string of the molecule is CCC(CC)(CN)C(=O)Nc1cc(C)cc(Br)c1. The fourth-order valence-corrected chi connectivity index (χ4v) is 2.63. The van der Waals surface area contributed by atoms with Gasteiger partial charge in [-0.3, -0.25) is 4.79 Å². The van der Waals surface area contributed by atoms with Crippen molar-refractivity contribution in [1.82, 2.24) is 0 Å². The predicted octanol–water partition coefficient (Wildman–Crippen LogP) is 3.46. The maximum absolute atomic E-state index is 12.3. The molecule has 0 aliphatic carbocycles. The van der Waals surface area contributed by atoms with Gasteiger partial charge in [-0.2, -0.15) is 0 Å². The van der Waals surface area contributed by atoms with E-state index in [9.17, 15) is 4.79 Å². The minimum absolute atomic E-state index is 0.00694. The number of amides is 1. The first-order valence-electron chi connectivity index (χ1n) is 6.26. The third-order valence-corrected chi connectivity index (χ3v) is 3.98. The van der Waals surface area contributed by atoms with Gasteiger partial charge in [-0.25, -0.2) is 0 Å². The summed E-state index contributed by atoms with van der Waals surface area (Å²) in [6, 6.07) is 5.86. The quantitative estimate of drug-likeness (QED) is 0.874. The second kappa shape index (κ2) is 6.34. The third kappa shape index (κ3) is 3.33. The Labute approximate surface area is 117 Å². The molecule has 0 saturated carbocycles. The molecule has 0 fully saturated rings. The molecule has 0 atom stereocenters. The summed E-state index contributed by atoms with van der Waals surface area (Å²) in [5.41, 5.74) is 7.23. The number of carbonyl (C=O) groups excluding carboxylic acids is 1. The van der Waals surface area contributed by atoms with Crippen molar-refractivity contribution in [2.24, 2.45) is 11.1 Å². The van der Waals surface area contributed by atoms with E-state index in [1.165, 1.54) is 0 Å². The number of carbonyl (C=O) groups is 1. The summed E-state index contributed by atoms with van der Waals surface area (Å²) >= 11 is 3.43. The predicted molar refractivity (Wildman–Crippen MR) is 79.6 cm³/mol. The van der Waals surface area contributed by atoms with E-state index in [2.05, 4.69) is 21.2 Å². The highest BCUT2D eigenvalue weighted by Gasteiger charge is 2.33. The molecule has 0 heterocycles. The molecule has 1 aromatic rings. The van der Waals surface area contributed by atoms with Crippen LogP contribution in [0.25, 0.3) is 0 Å². The van der Waals surface area contributed by atoms with Gasteiger partial charge in [-0.05, 0) is 43.5 Å². The summed E-state index contributed by atoms with van der Waals surface area (Å²) in [6.45, 7) is 6.37. The van der Waals surface area contributed by atoms with E-state index in [-0.39, 0.29) is 5.91 Å². The van der Waals surface area contributed by atoms with E-state index in [0.29, 0.717) is 6.54 Å². The van der Waals surface area contributed by atoms with Crippen molar-refractivity contribution < 1.29 is 4.79 Å². The topological polar surface area (TPSA) is 55.1 Å². The van der Waals surface area contributed by atoms with E-state index >= 15 is 0 Å². The molecule has 0 aromatic heterocycles. The molecule has 0 unspecified atom stereocenters. The van der Waals surface area contributed by atoms with E-state index in [0.717, 1.165) is 28.6 Å². The van der Waals surface area contributed by atoms with Crippen LogP contribution in [0.15, 0.2) is 22.7 Å². The van der Waals surface area contributed by atoms with Crippen LogP contribution in [0.1, 0.15) is 32.3 Å². The average molecular weight is 313 g/mol. The number of halogens is 1. The minimum atomic E-state index is -0.462. The van der Waals surface area contributed by atoms with E-state index in [4.69, 9.17) is 5.73 Å². The molecule has 0 radical (unpaired) electrons. The van der Waals surface area contributed by atoms with Gasteiger partial charge in [0.05, 0.1) is 5.41 Å². The Balaban J connectivity index is 2.92. The minimum Gasteiger partial charge on any atom is -0.329 e. The number of nitrogens with two attached hydrogens (primary N) is 1. The lowest BCUT2D eigenvalue weighted by molar-refractivity contribution is -0.125. The molecular formula is C14H21BrN2O. The molecule has 3 nitrogen and oxygen atoms in total. The maximum Gasteiger partial charge on any atom is 0.231 e. The van der Waals surface area contributed by atoms with Crippen molar-refractivity contribution in [3.05, 3.63) is 28.2 Å². The molecule has 0 saturated heterocycles. The first-order chi connectivity index (χ1) is 8.47. The average Bonchev–Trinajstić information content (AvgIpc) is 2.30. The van der Waals surface area contributed by atoms with Crippen molar-refractivity contribution in [2.75, 3.05) is 11.9 Å². The van der Waals surface area contributed by atoms with Crippen molar-refractivity contribution in [2.45, 2.75) is 33.6 Å². The van der Waals surface area contributed by atoms with E-state index < -0.39 is 5.41 Å². The molecule has 0 spiro atoms. The highest BCUT2D eigenvalue weighted by Crippen LogP contribution is 2.28. The molecule has 0 aliphatic heterocycles. The van der Waals surface area contributed by atoms with Gasteiger partial charge in [0.2, 0.25) is 5.91 Å². The lowest BCUT2D eigenvalue weighted by Gasteiger charge is -2.28. The molecular weight excluding hydrogens is 292 g/mol. The number of nitrogens with one attached hydrogen (secondary N) is 1. The Bertz CT molecular complexity index is 399. The summed E-state index contributed by atoms with van der Waals surface area (Å²) in [5.74, 6) is 0.00694. The van der Waals surface area contributed by atoms with E-state index in [1.54, 1.807) is 0 Å². The van der Waals surface area contributed by atoms with Gasteiger partial charge in [0.1, 0.15) is 0 Å². The molecule has 0 bridgehead atoms. The van der Waals surface area contributed by atoms with Crippen molar-refractivity contribution >= 4 is 27.5 Å². The zero-order chi connectivity index (χ0) is 13.8. The zero-order valence-corrected chi connectivity index (χ0v) is 12.8. The molecule has 0 aliphatic rings. The van der Waals surface area contributed by atoms with Crippen molar-refractivity contribution in [3.8, 4) is 0 Å². The molecule has 3 N–H and O–H groups in total. The first kappa shape index (κ1) is 15.2. The second-order valence-electron chi connectivity index (χ2n) is 4.66. The van der Waals surface area contributed by atoms with Crippen LogP contribution in [-0.2, 0) is 4.79 Å². The maximum atomic E-state index is 12.3. The Morgan fingerprint density at radius 3 is 2.39 bits per heavy atom. The lowest BCUT2D eigenvalue weighted by atomic mass is 9.81. The van der Waals surface area contributed by atoms with Gasteiger partial charge in [0.15, 0.2) is 0 Å². The van der Waals surface area contributed by atoms with Gasteiger partial charge >= 0.3 is 0 Å². The first-order valence-corrected chi connectivity index (χ1v) is 7.05. The van der Waals surface area contributed by atoms with Crippen LogP contribution in [0.5, 0.6) is 0 Å². The van der Waals surface area contributed by atoms with Gasteiger partial charge in [-0.1, -0.05) is 29.8 Å². The van der Waals surface area contributed by atoms with Crippen molar-refractivity contribution in [1.29, 1.82) is 0 Å². The monoisotopic (exact) mass is 312 g/mol. The second-order valence-corrected chi connectivity index (χ2v) is 5.58. The lowest BCUT2D eigenvalue weighted by Crippen LogP contribution is -2.41. The van der Waals surface area contributed by atoms with Gasteiger partial charge in [-0.15, -0.1) is 0 Å². The number of hydrogen-bond acceptors (Lipinski definition) is 2. The number of benzene rings is 1. The fourth-order valence-electron chi connectivity index (χ4n) is 2.02. The van der Waals surface area contributed by atoms with Crippen LogP contribution in [0.2, 0.25) is 0 Å². The van der Waals surface area contributed by atoms with Crippen LogP contribution in [0.4, 0.5) is 5.69 Å². The van der Waals surface area contributed by atoms with Crippen LogP contribution < -0.4 is 11.1 Å².